The molecule has 1 heteroatoms. The molecule has 0 saturated heterocycles. The number of hydrogen-bond acceptors (Lipinski definition) is 1. The van der Waals surface area contributed by atoms with Crippen LogP contribution in [0.15, 0.2) is 0 Å². The maximum atomic E-state index is 3.47. The molecule has 0 aromatic heterocycles. The molecule has 0 aliphatic heterocycles. The molecule has 1 nitrogen and oxygen atoms in total. The van der Waals surface area contributed by atoms with Crippen LogP contribution in [-0.4, -0.2) is 12.6 Å². The Morgan fingerprint density at radius 1 is 1.17 bits per heavy atom. The summed E-state index contributed by atoms with van der Waals surface area (Å²) in [6, 6.07) is 0. The average molecular weight is 167 g/mol. The van der Waals surface area contributed by atoms with Crippen LogP contribution in [0, 0.1) is 17.8 Å². The molecular weight excluding hydrogens is 146 g/mol. The molecule has 0 aromatic rings. The highest BCUT2D eigenvalue weighted by Gasteiger charge is 2.45. The van der Waals surface area contributed by atoms with Crippen LogP contribution >= 0.6 is 0 Å². The van der Waals surface area contributed by atoms with Gasteiger partial charge in [0.25, 0.3) is 0 Å². The smallest absolute Gasteiger partial charge is 0.0153 e. The van der Waals surface area contributed by atoms with Crippen LogP contribution in [0.25, 0.3) is 0 Å². The summed E-state index contributed by atoms with van der Waals surface area (Å²) in [6.07, 6.45) is 6.02. The molecule has 2 saturated carbocycles. The Morgan fingerprint density at radius 2 is 1.92 bits per heavy atom. The van der Waals surface area contributed by atoms with Crippen molar-refractivity contribution in [3.05, 3.63) is 0 Å². The molecule has 3 atom stereocenters. The average Bonchev–Trinajstić information content (AvgIpc) is 2.64. The first-order valence-corrected chi connectivity index (χ1v) is 5.32. The van der Waals surface area contributed by atoms with Crippen LogP contribution in [-0.2, 0) is 0 Å². The minimum absolute atomic E-state index is 0.375. The van der Waals surface area contributed by atoms with Crippen molar-refractivity contribution in [2.75, 3.05) is 7.05 Å². The van der Waals surface area contributed by atoms with Crippen LogP contribution in [0.4, 0.5) is 0 Å². The summed E-state index contributed by atoms with van der Waals surface area (Å²) in [6.45, 7) is 4.72. The maximum Gasteiger partial charge on any atom is 0.0153 e. The van der Waals surface area contributed by atoms with E-state index in [9.17, 15) is 0 Å². The molecular formula is C11H21N. The molecule has 0 radical (unpaired) electrons. The van der Waals surface area contributed by atoms with Gasteiger partial charge >= 0.3 is 0 Å². The Labute approximate surface area is 75.9 Å². The lowest BCUT2D eigenvalue weighted by Gasteiger charge is -2.37. The van der Waals surface area contributed by atoms with Crippen molar-refractivity contribution in [1.82, 2.24) is 5.32 Å². The van der Waals surface area contributed by atoms with Gasteiger partial charge in [0.1, 0.15) is 0 Å². The molecule has 0 spiro atoms. The first-order valence-electron chi connectivity index (χ1n) is 5.32. The van der Waals surface area contributed by atoms with E-state index in [1.165, 1.54) is 25.7 Å². The Balaban J connectivity index is 2.06. The van der Waals surface area contributed by atoms with Gasteiger partial charge < -0.3 is 5.32 Å². The third kappa shape index (κ3) is 1.19. The van der Waals surface area contributed by atoms with Crippen molar-refractivity contribution in [3.63, 3.8) is 0 Å². The molecule has 1 N–H and O–H groups in total. The van der Waals surface area contributed by atoms with E-state index in [4.69, 9.17) is 0 Å². The first-order chi connectivity index (χ1) is 5.63. The van der Waals surface area contributed by atoms with Gasteiger partial charge in [-0.15, -0.1) is 0 Å². The van der Waals surface area contributed by atoms with Gasteiger partial charge in [-0.3, -0.25) is 0 Å². The Kier molecular flexibility index (Phi) is 1.95. The second-order valence-corrected chi connectivity index (χ2v) is 5.25. The Morgan fingerprint density at radius 3 is 2.33 bits per heavy atom. The van der Waals surface area contributed by atoms with Gasteiger partial charge in [0, 0.05) is 5.54 Å². The fraction of sp³-hybridized carbons (Fsp3) is 1.00. The van der Waals surface area contributed by atoms with Gasteiger partial charge in [0.15, 0.2) is 0 Å². The molecule has 1 unspecified atom stereocenters. The second kappa shape index (κ2) is 2.73. The highest BCUT2D eigenvalue weighted by atomic mass is 14.9. The summed E-state index contributed by atoms with van der Waals surface area (Å²) < 4.78 is 0. The van der Waals surface area contributed by atoms with Gasteiger partial charge in [-0.2, -0.15) is 0 Å². The van der Waals surface area contributed by atoms with Gasteiger partial charge in [-0.05, 0) is 57.9 Å². The van der Waals surface area contributed by atoms with E-state index in [0.717, 1.165) is 17.8 Å². The van der Waals surface area contributed by atoms with Crippen molar-refractivity contribution in [2.24, 2.45) is 17.8 Å². The summed E-state index contributed by atoms with van der Waals surface area (Å²) in [4.78, 5) is 0. The zero-order chi connectivity index (χ0) is 8.77. The molecule has 70 valence electrons. The minimum Gasteiger partial charge on any atom is -0.315 e. The van der Waals surface area contributed by atoms with E-state index in [2.05, 4.69) is 26.2 Å². The van der Waals surface area contributed by atoms with E-state index in [1.807, 2.05) is 0 Å². The number of hydrogen-bond donors (Lipinski definition) is 1. The lowest BCUT2D eigenvalue weighted by Crippen LogP contribution is -2.45. The SMILES string of the molecule is CNC(C)(C)C1C[C@@H]2CC[C@H]1C2. The van der Waals surface area contributed by atoms with Crippen LogP contribution in [0.5, 0.6) is 0 Å². The molecule has 2 fully saturated rings. The zero-order valence-electron chi connectivity index (χ0n) is 8.56. The predicted molar refractivity (Wildman–Crippen MR) is 52.1 cm³/mol. The number of rotatable bonds is 2. The second-order valence-electron chi connectivity index (χ2n) is 5.25. The highest BCUT2D eigenvalue weighted by Crippen LogP contribution is 2.51. The molecule has 0 aromatic carbocycles. The zero-order valence-corrected chi connectivity index (χ0v) is 8.56. The van der Waals surface area contributed by atoms with E-state index < -0.39 is 0 Å². The molecule has 2 aliphatic rings. The summed E-state index contributed by atoms with van der Waals surface area (Å²) in [5, 5.41) is 3.47. The lowest BCUT2D eigenvalue weighted by atomic mass is 9.76. The summed E-state index contributed by atoms with van der Waals surface area (Å²) in [5.41, 5.74) is 0.375. The van der Waals surface area contributed by atoms with Gasteiger partial charge in [0.2, 0.25) is 0 Å². The van der Waals surface area contributed by atoms with Gasteiger partial charge in [-0.25, -0.2) is 0 Å². The van der Waals surface area contributed by atoms with Crippen LogP contribution in [0.1, 0.15) is 39.5 Å². The molecule has 0 heterocycles. The standard InChI is InChI=1S/C11H21N/c1-11(2,12-3)10-7-8-4-5-9(10)6-8/h8-10,12H,4-7H2,1-3H3/t8-,9+,10?/m1/s1. The fourth-order valence-electron chi connectivity index (χ4n) is 3.31. The molecule has 2 rings (SSSR count). The monoisotopic (exact) mass is 167 g/mol. The first kappa shape index (κ1) is 8.55. The van der Waals surface area contributed by atoms with Crippen LogP contribution in [0.3, 0.4) is 0 Å². The molecule has 2 aliphatic carbocycles. The number of fused-ring (bicyclic) bond motifs is 2. The van der Waals surface area contributed by atoms with E-state index in [0.29, 0.717) is 5.54 Å². The van der Waals surface area contributed by atoms with E-state index in [-0.39, 0.29) is 0 Å². The Hall–Kier alpha value is -0.0400. The van der Waals surface area contributed by atoms with Gasteiger partial charge in [-0.1, -0.05) is 6.42 Å². The topological polar surface area (TPSA) is 12.0 Å². The van der Waals surface area contributed by atoms with Crippen LogP contribution < -0.4 is 5.32 Å². The minimum atomic E-state index is 0.375. The van der Waals surface area contributed by atoms with E-state index >= 15 is 0 Å². The number of nitrogens with one attached hydrogen (secondary N) is 1. The Bertz CT molecular complexity index is 174. The highest BCUT2D eigenvalue weighted by molar-refractivity contribution is 4.99. The predicted octanol–water partition coefficient (Wildman–Crippen LogP) is 2.42. The quantitative estimate of drug-likeness (QED) is 0.666. The van der Waals surface area contributed by atoms with Gasteiger partial charge in [0.05, 0.1) is 0 Å². The maximum absolute atomic E-state index is 3.47. The third-order valence-electron chi connectivity index (χ3n) is 4.31. The van der Waals surface area contributed by atoms with Crippen molar-refractivity contribution >= 4 is 0 Å². The normalized spacial score (nSPS) is 40.8. The third-order valence-corrected chi connectivity index (χ3v) is 4.31. The van der Waals surface area contributed by atoms with Crippen molar-refractivity contribution < 1.29 is 0 Å². The summed E-state index contributed by atoms with van der Waals surface area (Å²) in [7, 11) is 2.10. The summed E-state index contributed by atoms with van der Waals surface area (Å²) >= 11 is 0. The van der Waals surface area contributed by atoms with Crippen molar-refractivity contribution in [2.45, 2.75) is 45.1 Å². The fourth-order valence-corrected chi connectivity index (χ4v) is 3.31. The van der Waals surface area contributed by atoms with Crippen LogP contribution in [0.2, 0.25) is 0 Å². The molecule has 2 bridgehead atoms. The molecule has 0 amide bonds. The van der Waals surface area contributed by atoms with Crippen molar-refractivity contribution in [3.8, 4) is 0 Å². The lowest BCUT2D eigenvalue weighted by molar-refractivity contribution is 0.187. The van der Waals surface area contributed by atoms with E-state index in [1.54, 1.807) is 0 Å². The largest absolute Gasteiger partial charge is 0.315 e. The summed E-state index contributed by atoms with van der Waals surface area (Å²) in [5.74, 6) is 3.06. The molecule has 12 heavy (non-hydrogen) atoms. The van der Waals surface area contributed by atoms with Crippen molar-refractivity contribution in [1.29, 1.82) is 0 Å².